The zero-order valence-electron chi connectivity index (χ0n) is 24.6. The lowest BCUT2D eigenvalue weighted by Crippen LogP contribution is -2.51. The van der Waals surface area contributed by atoms with Gasteiger partial charge in [-0.15, -0.1) is 0 Å². The number of aryl methyl sites for hydroxylation is 1. The summed E-state index contributed by atoms with van der Waals surface area (Å²) in [6, 6.07) is 7.01. The third kappa shape index (κ3) is 5.09. The maximum Gasteiger partial charge on any atom is 0.297 e. The van der Waals surface area contributed by atoms with E-state index in [1.807, 2.05) is 19.1 Å². The van der Waals surface area contributed by atoms with Gasteiger partial charge in [0.25, 0.3) is 10.1 Å². The monoisotopic (exact) mass is 538 g/mol. The number of hydrogen-bond acceptors (Lipinski definition) is 3. The lowest BCUT2D eigenvalue weighted by atomic mass is 9.47. The Kier molecular flexibility index (Phi) is 7.81. The van der Waals surface area contributed by atoms with Crippen LogP contribution in [-0.4, -0.2) is 14.5 Å². The summed E-state index contributed by atoms with van der Waals surface area (Å²) in [5, 5.41) is 0. The van der Waals surface area contributed by atoms with Gasteiger partial charge in [-0.3, -0.25) is 4.18 Å². The van der Waals surface area contributed by atoms with Gasteiger partial charge in [-0.25, -0.2) is 0 Å². The maximum absolute atomic E-state index is 13.0. The third-order valence-corrected chi connectivity index (χ3v) is 12.9. The average Bonchev–Trinajstić information content (AvgIpc) is 3.21. The largest absolute Gasteiger partial charge is 0.297 e. The standard InChI is InChI=1S/C34H50O3S/c1-23(2)8-7-9-25(4)30-16-17-31-29-15-12-26-22-27(37-38(35,36)28-13-10-24(3)11-14-28)18-20-33(26,5)32(29)19-21-34(30,31)6/h8,10-14,25,27,29-32H,7,9,15-22H2,1-6H3/t25-,27+,29?,30?,31?,32?,33+,34-/m1/s1. The maximum atomic E-state index is 13.0. The Hall–Kier alpha value is -1.39. The van der Waals surface area contributed by atoms with Crippen LogP contribution in [0.1, 0.15) is 104 Å². The van der Waals surface area contributed by atoms with E-state index >= 15 is 0 Å². The van der Waals surface area contributed by atoms with E-state index < -0.39 is 10.1 Å². The number of benzene rings is 1. The Morgan fingerprint density at radius 2 is 1.79 bits per heavy atom. The molecule has 0 heterocycles. The molecule has 0 radical (unpaired) electrons. The Morgan fingerprint density at radius 3 is 2.50 bits per heavy atom. The summed E-state index contributed by atoms with van der Waals surface area (Å²) >= 11 is 0. The molecular formula is C34H50O3S. The van der Waals surface area contributed by atoms with E-state index in [1.165, 1.54) is 56.1 Å². The molecule has 38 heavy (non-hydrogen) atoms. The van der Waals surface area contributed by atoms with E-state index in [-0.39, 0.29) is 16.4 Å². The normalized spacial score (nSPS) is 37.4. The topological polar surface area (TPSA) is 43.4 Å². The van der Waals surface area contributed by atoms with Crippen molar-refractivity contribution in [3.63, 3.8) is 0 Å². The molecule has 4 heteroatoms. The van der Waals surface area contributed by atoms with E-state index in [0.717, 1.165) is 54.4 Å². The summed E-state index contributed by atoms with van der Waals surface area (Å²) in [6.45, 7) is 14.1. The fraction of sp³-hybridized carbons (Fsp3) is 0.706. The first kappa shape index (κ1) is 28.1. The van der Waals surface area contributed by atoms with Crippen LogP contribution in [0.4, 0.5) is 0 Å². The summed E-state index contributed by atoms with van der Waals surface area (Å²) in [4.78, 5) is 0.270. The molecule has 3 fully saturated rings. The third-order valence-electron chi connectivity index (χ3n) is 11.6. The van der Waals surface area contributed by atoms with Crippen LogP contribution in [0.15, 0.2) is 52.5 Å². The van der Waals surface area contributed by atoms with Crippen LogP contribution in [0.5, 0.6) is 0 Å². The number of fused-ring (bicyclic) bond motifs is 5. The molecule has 1 aromatic rings. The molecule has 3 nitrogen and oxygen atoms in total. The molecule has 0 N–H and O–H groups in total. The lowest BCUT2D eigenvalue weighted by molar-refractivity contribution is -0.0554. The minimum Gasteiger partial charge on any atom is -0.263 e. The summed E-state index contributed by atoms with van der Waals surface area (Å²) < 4.78 is 31.8. The quantitative estimate of drug-likeness (QED) is 0.257. The molecule has 0 aliphatic heterocycles. The van der Waals surface area contributed by atoms with Gasteiger partial charge >= 0.3 is 0 Å². The fourth-order valence-electron chi connectivity index (χ4n) is 9.46. The molecule has 0 spiro atoms. The number of allylic oxidation sites excluding steroid dienone is 3. The molecular weight excluding hydrogens is 488 g/mol. The van der Waals surface area contributed by atoms with Crippen LogP contribution in [0.2, 0.25) is 0 Å². The highest BCUT2D eigenvalue weighted by molar-refractivity contribution is 7.86. The highest BCUT2D eigenvalue weighted by Crippen LogP contribution is 2.67. The van der Waals surface area contributed by atoms with Crippen LogP contribution in [0.3, 0.4) is 0 Å². The zero-order chi connectivity index (χ0) is 27.3. The van der Waals surface area contributed by atoms with Gasteiger partial charge in [0.15, 0.2) is 0 Å². The lowest BCUT2D eigenvalue weighted by Gasteiger charge is -2.58. The summed E-state index contributed by atoms with van der Waals surface area (Å²) in [6.07, 6.45) is 16.5. The molecule has 0 aromatic heterocycles. The van der Waals surface area contributed by atoms with Crippen LogP contribution in [0, 0.1) is 47.3 Å². The molecule has 0 saturated heterocycles. The van der Waals surface area contributed by atoms with Crippen molar-refractivity contribution in [2.45, 2.75) is 117 Å². The van der Waals surface area contributed by atoms with Crippen molar-refractivity contribution in [3.05, 3.63) is 53.1 Å². The van der Waals surface area contributed by atoms with Crippen molar-refractivity contribution in [3.8, 4) is 0 Å². The second-order valence-electron chi connectivity index (χ2n) is 14.1. The van der Waals surface area contributed by atoms with Gasteiger partial charge in [-0.05, 0) is 138 Å². The van der Waals surface area contributed by atoms with Crippen LogP contribution < -0.4 is 0 Å². The summed E-state index contributed by atoms with van der Waals surface area (Å²) in [7, 11) is -3.73. The van der Waals surface area contributed by atoms with E-state index in [9.17, 15) is 8.42 Å². The fourth-order valence-corrected chi connectivity index (χ4v) is 10.6. The van der Waals surface area contributed by atoms with Gasteiger partial charge in [0, 0.05) is 0 Å². The molecule has 5 rings (SSSR count). The van der Waals surface area contributed by atoms with Crippen molar-refractivity contribution in [1.29, 1.82) is 0 Å². The van der Waals surface area contributed by atoms with Gasteiger partial charge in [0.05, 0.1) is 11.0 Å². The zero-order valence-corrected chi connectivity index (χ0v) is 25.4. The van der Waals surface area contributed by atoms with Crippen LogP contribution >= 0.6 is 0 Å². The predicted molar refractivity (Wildman–Crippen MR) is 156 cm³/mol. The second-order valence-corrected chi connectivity index (χ2v) is 15.6. The highest BCUT2D eigenvalue weighted by Gasteiger charge is 2.59. The van der Waals surface area contributed by atoms with Crippen molar-refractivity contribution in [2.75, 3.05) is 0 Å². The number of hydrogen-bond donors (Lipinski definition) is 0. The van der Waals surface area contributed by atoms with Crippen molar-refractivity contribution < 1.29 is 12.6 Å². The first-order valence-electron chi connectivity index (χ1n) is 15.3. The molecule has 210 valence electrons. The molecule has 4 aliphatic rings. The molecule has 0 bridgehead atoms. The van der Waals surface area contributed by atoms with Gasteiger partial charge in [-0.2, -0.15) is 8.42 Å². The molecule has 8 atom stereocenters. The summed E-state index contributed by atoms with van der Waals surface area (Å²) in [5.74, 6) is 4.00. The smallest absolute Gasteiger partial charge is 0.263 e. The Labute approximate surface area is 232 Å². The number of rotatable bonds is 7. The predicted octanol–water partition coefficient (Wildman–Crippen LogP) is 9.03. The van der Waals surface area contributed by atoms with Crippen molar-refractivity contribution in [2.24, 2.45) is 40.4 Å². The Morgan fingerprint density at radius 1 is 1.05 bits per heavy atom. The second kappa shape index (κ2) is 10.5. The Bertz CT molecular complexity index is 1170. The molecule has 4 unspecified atom stereocenters. The van der Waals surface area contributed by atoms with E-state index in [2.05, 4.69) is 46.8 Å². The van der Waals surface area contributed by atoms with Crippen LogP contribution in [0.25, 0.3) is 0 Å². The molecule has 1 aromatic carbocycles. The molecule has 4 aliphatic carbocycles. The van der Waals surface area contributed by atoms with E-state index in [1.54, 1.807) is 12.1 Å². The van der Waals surface area contributed by atoms with Crippen molar-refractivity contribution >= 4 is 10.1 Å². The SMILES string of the molecule is CC(C)=CCC[C@@H](C)C1CCC2C3CC=C4C[C@@H](OS(=O)(=O)c5ccc(C)cc5)CC[C@]4(C)C3CC[C@@]21C. The van der Waals surface area contributed by atoms with Gasteiger partial charge < -0.3 is 0 Å². The first-order chi connectivity index (χ1) is 17.9. The van der Waals surface area contributed by atoms with Gasteiger partial charge in [-0.1, -0.05) is 61.8 Å². The first-order valence-corrected chi connectivity index (χ1v) is 16.7. The highest BCUT2D eigenvalue weighted by atomic mass is 32.2. The molecule has 0 amide bonds. The van der Waals surface area contributed by atoms with E-state index in [4.69, 9.17) is 4.18 Å². The summed E-state index contributed by atoms with van der Waals surface area (Å²) in [5.41, 5.74) is 4.65. The Balaban J connectivity index is 1.28. The molecule has 3 saturated carbocycles. The van der Waals surface area contributed by atoms with Gasteiger partial charge in [0.1, 0.15) is 0 Å². The van der Waals surface area contributed by atoms with Crippen molar-refractivity contribution in [1.82, 2.24) is 0 Å². The van der Waals surface area contributed by atoms with Crippen LogP contribution in [-0.2, 0) is 14.3 Å². The van der Waals surface area contributed by atoms with E-state index in [0.29, 0.717) is 5.41 Å². The average molecular weight is 539 g/mol. The minimum atomic E-state index is -3.73. The van der Waals surface area contributed by atoms with Gasteiger partial charge in [0.2, 0.25) is 0 Å². The minimum absolute atomic E-state index is 0.199.